The van der Waals surface area contributed by atoms with Gasteiger partial charge in [-0.2, -0.15) is 0 Å². The van der Waals surface area contributed by atoms with Crippen LogP contribution in [0.15, 0.2) is 54.6 Å². The number of carbonyl (C=O) groups is 1. The van der Waals surface area contributed by atoms with Crippen molar-refractivity contribution in [2.75, 3.05) is 12.1 Å². The number of benzene rings is 2. The Morgan fingerprint density at radius 2 is 1.64 bits per heavy atom. The monoisotopic (exact) mass is 310 g/mol. The summed E-state index contributed by atoms with van der Waals surface area (Å²) < 4.78 is 39.9. The van der Waals surface area contributed by atoms with E-state index in [0.717, 1.165) is 17.8 Å². The predicted octanol–water partition coefficient (Wildman–Crippen LogP) is 3.37. The predicted molar refractivity (Wildman–Crippen MR) is 75.4 cm³/mol. The van der Waals surface area contributed by atoms with E-state index in [0.29, 0.717) is 0 Å². The summed E-state index contributed by atoms with van der Waals surface area (Å²) in [7, 11) is 1.66. The number of para-hydroxylation sites is 1. The third kappa shape index (κ3) is 4.41. The number of ether oxygens (including phenoxy) is 1. The Balaban J connectivity index is 2.01. The molecule has 0 bridgehead atoms. The molecule has 4 nitrogen and oxygen atoms in total. The Hall–Kier alpha value is -2.70. The molecule has 0 heterocycles. The smallest absolute Gasteiger partial charge is 0.406 e. The molecule has 1 N–H and O–H groups in total. The summed E-state index contributed by atoms with van der Waals surface area (Å²) in [6, 6.07) is 13.8. The zero-order valence-corrected chi connectivity index (χ0v) is 11.6. The zero-order chi connectivity index (χ0) is 16.2. The number of hydrazine groups is 1. The van der Waals surface area contributed by atoms with Gasteiger partial charge in [0, 0.05) is 12.6 Å². The lowest BCUT2D eigenvalue weighted by molar-refractivity contribution is -0.274. The van der Waals surface area contributed by atoms with Crippen LogP contribution in [0, 0.1) is 0 Å². The largest absolute Gasteiger partial charge is 0.573 e. The lowest BCUT2D eigenvalue weighted by Gasteiger charge is -2.20. The van der Waals surface area contributed by atoms with Gasteiger partial charge in [-0.05, 0) is 36.4 Å². The van der Waals surface area contributed by atoms with Crippen LogP contribution in [0.3, 0.4) is 0 Å². The first kappa shape index (κ1) is 15.7. The van der Waals surface area contributed by atoms with Gasteiger partial charge in [-0.3, -0.25) is 15.2 Å². The van der Waals surface area contributed by atoms with Crippen molar-refractivity contribution in [3.8, 4) is 5.75 Å². The standard InChI is InChI=1S/C15H13F3N2O2/c1-20(12-5-3-2-4-6-12)19-14(21)11-7-9-13(10-8-11)22-15(16,17)18/h2-10H,1H3,(H,19,21). The molecule has 116 valence electrons. The third-order valence-corrected chi connectivity index (χ3v) is 2.76. The molecule has 0 spiro atoms. The highest BCUT2D eigenvalue weighted by molar-refractivity contribution is 5.95. The maximum Gasteiger partial charge on any atom is 0.573 e. The van der Waals surface area contributed by atoms with E-state index in [1.807, 2.05) is 18.2 Å². The van der Waals surface area contributed by atoms with Crippen molar-refractivity contribution in [2.45, 2.75) is 6.36 Å². The number of nitrogens with zero attached hydrogens (tertiary/aromatic N) is 1. The summed E-state index contributed by atoms with van der Waals surface area (Å²) in [6.45, 7) is 0. The number of amides is 1. The van der Waals surface area contributed by atoms with Crippen molar-refractivity contribution >= 4 is 11.6 Å². The number of carbonyl (C=O) groups excluding carboxylic acids is 1. The number of rotatable bonds is 4. The number of nitrogens with one attached hydrogen (secondary N) is 1. The summed E-state index contributed by atoms with van der Waals surface area (Å²) in [5.74, 6) is -0.814. The molecule has 0 atom stereocenters. The number of halogens is 3. The van der Waals surface area contributed by atoms with E-state index >= 15 is 0 Å². The Morgan fingerprint density at radius 3 is 2.18 bits per heavy atom. The van der Waals surface area contributed by atoms with Gasteiger partial charge in [0.25, 0.3) is 5.91 Å². The summed E-state index contributed by atoms with van der Waals surface area (Å²) in [4.78, 5) is 12.0. The molecule has 22 heavy (non-hydrogen) atoms. The van der Waals surface area contributed by atoms with Crippen LogP contribution in [-0.2, 0) is 0 Å². The molecule has 1 amide bonds. The number of hydrogen-bond acceptors (Lipinski definition) is 3. The highest BCUT2D eigenvalue weighted by atomic mass is 19.4. The van der Waals surface area contributed by atoms with Crippen LogP contribution in [0.5, 0.6) is 5.75 Å². The van der Waals surface area contributed by atoms with E-state index in [4.69, 9.17) is 0 Å². The fourth-order valence-corrected chi connectivity index (χ4v) is 1.74. The van der Waals surface area contributed by atoms with Crippen LogP contribution >= 0.6 is 0 Å². The Bertz CT molecular complexity index is 627. The summed E-state index contributed by atoms with van der Waals surface area (Å²) in [5, 5.41) is 1.52. The topological polar surface area (TPSA) is 41.6 Å². The fourth-order valence-electron chi connectivity index (χ4n) is 1.74. The second-order valence-electron chi connectivity index (χ2n) is 4.41. The van der Waals surface area contributed by atoms with Gasteiger partial charge in [0.1, 0.15) is 5.75 Å². The van der Waals surface area contributed by atoms with Crippen molar-refractivity contribution in [2.24, 2.45) is 0 Å². The SMILES string of the molecule is CN(NC(=O)c1ccc(OC(F)(F)F)cc1)c1ccccc1. The lowest BCUT2D eigenvalue weighted by atomic mass is 10.2. The van der Waals surface area contributed by atoms with Crippen LogP contribution in [0.25, 0.3) is 0 Å². The highest BCUT2D eigenvalue weighted by Gasteiger charge is 2.31. The van der Waals surface area contributed by atoms with Crippen molar-refractivity contribution < 1.29 is 22.7 Å². The number of hydrogen-bond donors (Lipinski definition) is 1. The molecule has 2 aromatic carbocycles. The molecule has 0 fully saturated rings. The van der Waals surface area contributed by atoms with Gasteiger partial charge in [-0.25, -0.2) is 0 Å². The van der Waals surface area contributed by atoms with Crippen molar-refractivity contribution in [1.29, 1.82) is 0 Å². The molecule has 0 saturated heterocycles. The molecule has 2 aromatic rings. The first-order chi connectivity index (χ1) is 10.3. The van der Waals surface area contributed by atoms with Gasteiger partial charge in [0.15, 0.2) is 0 Å². The molecule has 2 rings (SSSR count). The fraction of sp³-hybridized carbons (Fsp3) is 0.133. The lowest BCUT2D eigenvalue weighted by Crippen LogP contribution is -2.39. The Morgan fingerprint density at radius 1 is 1.05 bits per heavy atom. The van der Waals surface area contributed by atoms with Gasteiger partial charge in [-0.15, -0.1) is 13.2 Å². The first-order valence-electron chi connectivity index (χ1n) is 6.31. The molecule has 0 unspecified atom stereocenters. The first-order valence-corrected chi connectivity index (χ1v) is 6.31. The molecule has 0 aliphatic heterocycles. The average Bonchev–Trinajstić information content (AvgIpc) is 2.47. The van der Waals surface area contributed by atoms with Gasteiger partial charge in [-0.1, -0.05) is 18.2 Å². The molecule has 7 heteroatoms. The van der Waals surface area contributed by atoms with Gasteiger partial charge in [0.2, 0.25) is 0 Å². The van der Waals surface area contributed by atoms with E-state index in [1.165, 1.54) is 17.1 Å². The molecule has 0 aliphatic rings. The van der Waals surface area contributed by atoms with Crippen molar-refractivity contribution in [3.05, 3.63) is 60.2 Å². The maximum absolute atomic E-state index is 12.1. The van der Waals surface area contributed by atoms with Crippen LogP contribution in [0.2, 0.25) is 0 Å². The second kappa shape index (κ2) is 6.38. The molecule has 0 saturated carbocycles. The minimum Gasteiger partial charge on any atom is -0.406 e. The average molecular weight is 310 g/mol. The minimum atomic E-state index is -4.75. The normalized spacial score (nSPS) is 10.9. The summed E-state index contributed by atoms with van der Waals surface area (Å²) in [5.41, 5.74) is 3.60. The number of anilines is 1. The van der Waals surface area contributed by atoms with E-state index in [1.54, 1.807) is 19.2 Å². The van der Waals surface area contributed by atoms with Crippen LogP contribution < -0.4 is 15.2 Å². The van der Waals surface area contributed by atoms with Gasteiger partial charge in [0.05, 0.1) is 5.69 Å². The maximum atomic E-state index is 12.1. The van der Waals surface area contributed by atoms with Crippen LogP contribution in [-0.4, -0.2) is 19.3 Å². The highest BCUT2D eigenvalue weighted by Crippen LogP contribution is 2.22. The Labute approximate surface area is 125 Å². The van der Waals surface area contributed by atoms with E-state index in [9.17, 15) is 18.0 Å². The van der Waals surface area contributed by atoms with Crippen LogP contribution in [0.4, 0.5) is 18.9 Å². The van der Waals surface area contributed by atoms with E-state index in [2.05, 4.69) is 10.2 Å². The molecular weight excluding hydrogens is 297 g/mol. The quantitative estimate of drug-likeness (QED) is 0.880. The molecule has 0 radical (unpaired) electrons. The minimum absolute atomic E-state index is 0.220. The Kier molecular flexibility index (Phi) is 4.55. The van der Waals surface area contributed by atoms with Crippen LogP contribution in [0.1, 0.15) is 10.4 Å². The molecule has 0 aliphatic carbocycles. The number of alkyl halides is 3. The van der Waals surface area contributed by atoms with E-state index in [-0.39, 0.29) is 11.3 Å². The second-order valence-corrected chi connectivity index (χ2v) is 4.41. The van der Waals surface area contributed by atoms with E-state index < -0.39 is 12.3 Å². The summed E-state index contributed by atoms with van der Waals surface area (Å²) in [6.07, 6.45) is -4.75. The van der Waals surface area contributed by atoms with Crippen molar-refractivity contribution in [1.82, 2.24) is 5.43 Å². The molecular formula is C15H13F3N2O2. The third-order valence-electron chi connectivity index (χ3n) is 2.76. The zero-order valence-electron chi connectivity index (χ0n) is 11.6. The van der Waals surface area contributed by atoms with Gasteiger partial charge >= 0.3 is 6.36 Å². The van der Waals surface area contributed by atoms with Crippen molar-refractivity contribution in [3.63, 3.8) is 0 Å². The summed E-state index contributed by atoms with van der Waals surface area (Å²) >= 11 is 0. The van der Waals surface area contributed by atoms with Gasteiger partial charge < -0.3 is 4.74 Å². The molecule has 0 aromatic heterocycles.